The van der Waals surface area contributed by atoms with Crippen molar-refractivity contribution in [2.24, 2.45) is 4.99 Å². The van der Waals surface area contributed by atoms with Gasteiger partial charge in [0, 0.05) is 51.1 Å². The maximum absolute atomic E-state index is 12.5. The molecule has 0 saturated carbocycles. The lowest BCUT2D eigenvalue weighted by Crippen LogP contribution is -2.53. The van der Waals surface area contributed by atoms with Gasteiger partial charge in [-0.2, -0.15) is 5.10 Å². The number of halogens is 1. The molecule has 0 spiro atoms. The van der Waals surface area contributed by atoms with Gasteiger partial charge >= 0.3 is 0 Å². The van der Waals surface area contributed by atoms with Gasteiger partial charge in [0.05, 0.1) is 31.7 Å². The third kappa shape index (κ3) is 6.22. The van der Waals surface area contributed by atoms with Crippen molar-refractivity contribution in [3.05, 3.63) is 41.1 Å². The molecule has 0 aromatic carbocycles. The summed E-state index contributed by atoms with van der Waals surface area (Å²) in [6, 6.07) is 3.44. The van der Waals surface area contributed by atoms with Crippen molar-refractivity contribution < 1.29 is 13.9 Å². The number of piperazine rings is 1. The van der Waals surface area contributed by atoms with Crippen molar-refractivity contribution in [1.29, 1.82) is 0 Å². The summed E-state index contributed by atoms with van der Waals surface area (Å²) in [4.78, 5) is 21.4. The Kier molecular flexibility index (Phi) is 9.82. The van der Waals surface area contributed by atoms with Crippen molar-refractivity contribution in [3.63, 3.8) is 0 Å². The van der Waals surface area contributed by atoms with E-state index in [0.717, 1.165) is 49.1 Å². The van der Waals surface area contributed by atoms with Crippen LogP contribution in [-0.4, -0.2) is 77.9 Å². The highest BCUT2D eigenvalue weighted by Crippen LogP contribution is 2.15. The number of furan rings is 1. The number of rotatable bonds is 7. The van der Waals surface area contributed by atoms with Crippen LogP contribution in [0.15, 0.2) is 27.8 Å². The highest BCUT2D eigenvalue weighted by Gasteiger charge is 2.25. The van der Waals surface area contributed by atoms with Crippen molar-refractivity contribution in [2.45, 2.75) is 33.9 Å². The lowest BCUT2D eigenvalue weighted by molar-refractivity contribution is 0.0657. The van der Waals surface area contributed by atoms with E-state index in [9.17, 15) is 4.79 Å². The van der Waals surface area contributed by atoms with Gasteiger partial charge in [-0.3, -0.25) is 9.48 Å². The SMILES string of the molecule is CCNC(=NCc1c(C)nn(CCOC)c1C)N1CCN(C(=O)c2ccco2)CC1.I. The Morgan fingerprint density at radius 3 is 2.58 bits per heavy atom. The number of aliphatic imine (C=N–C) groups is 1. The monoisotopic (exact) mass is 544 g/mol. The highest BCUT2D eigenvalue weighted by atomic mass is 127. The Balaban J connectivity index is 0.00000341. The maximum atomic E-state index is 12.5. The van der Waals surface area contributed by atoms with Crippen LogP contribution in [0.4, 0.5) is 0 Å². The number of aromatic nitrogens is 2. The van der Waals surface area contributed by atoms with E-state index in [0.29, 0.717) is 32.0 Å². The Morgan fingerprint density at radius 1 is 1.26 bits per heavy atom. The molecule has 0 radical (unpaired) electrons. The van der Waals surface area contributed by atoms with Crippen LogP contribution < -0.4 is 5.32 Å². The van der Waals surface area contributed by atoms with Gasteiger partial charge in [-0.25, -0.2) is 4.99 Å². The summed E-state index contributed by atoms with van der Waals surface area (Å²) < 4.78 is 12.4. The Hall–Kier alpha value is -2.08. The smallest absolute Gasteiger partial charge is 0.289 e. The Bertz CT molecular complexity index is 857. The summed E-state index contributed by atoms with van der Waals surface area (Å²) in [6.07, 6.45) is 1.53. The van der Waals surface area contributed by atoms with Crippen molar-refractivity contribution in [3.8, 4) is 0 Å². The van der Waals surface area contributed by atoms with E-state index in [1.165, 1.54) is 6.26 Å². The predicted octanol–water partition coefficient (Wildman–Crippen LogP) is 2.28. The molecule has 1 fully saturated rings. The van der Waals surface area contributed by atoms with Crippen molar-refractivity contribution in [1.82, 2.24) is 24.9 Å². The van der Waals surface area contributed by atoms with E-state index in [1.54, 1.807) is 19.2 Å². The van der Waals surface area contributed by atoms with Crippen LogP contribution in [0.5, 0.6) is 0 Å². The molecule has 31 heavy (non-hydrogen) atoms. The average molecular weight is 544 g/mol. The van der Waals surface area contributed by atoms with Gasteiger partial charge in [0.25, 0.3) is 5.91 Å². The molecule has 9 nitrogen and oxygen atoms in total. The first-order valence-corrected chi connectivity index (χ1v) is 10.4. The van der Waals surface area contributed by atoms with Gasteiger partial charge < -0.3 is 24.3 Å². The standard InChI is InChI=1S/C21H32N6O3.HI/c1-5-22-21(23-15-18-16(2)24-27(17(18)3)12-14-29-4)26-10-8-25(9-11-26)20(28)19-7-6-13-30-19;/h6-7,13H,5,8-12,14-15H2,1-4H3,(H,22,23);1H. The summed E-state index contributed by atoms with van der Waals surface area (Å²) in [7, 11) is 1.70. The first-order chi connectivity index (χ1) is 14.5. The topological polar surface area (TPSA) is 88.1 Å². The largest absolute Gasteiger partial charge is 0.459 e. The van der Waals surface area contributed by atoms with Gasteiger partial charge in [-0.1, -0.05) is 0 Å². The van der Waals surface area contributed by atoms with E-state index in [-0.39, 0.29) is 29.9 Å². The second-order valence-electron chi connectivity index (χ2n) is 7.29. The first kappa shape index (κ1) is 25.2. The number of methoxy groups -OCH3 is 1. The summed E-state index contributed by atoms with van der Waals surface area (Å²) in [5, 5.41) is 8.00. The van der Waals surface area contributed by atoms with Crippen LogP contribution in [0.25, 0.3) is 0 Å². The number of hydrogen-bond donors (Lipinski definition) is 1. The summed E-state index contributed by atoms with van der Waals surface area (Å²) in [6.45, 7) is 11.6. The molecule has 1 aliphatic heterocycles. The molecule has 1 aliphatic rings. The molecule has 1 amide bonds. The number of ether oxygens (including phenoxy) is 1. The summed E-state index contributed by atoms with van der Waals surface area (Å²) >= 11 is 0. The van der Waals surface area contributed by atoms with Crippen LogP contribution >= 0.6 is 24.0 Å². The van der Waals surface area contributed by atoms with Gasteiger partial charge in [-0.05, 0) is 32.9 Å². The number of hydrogen-bond acceptors (Lipinski definition) is 5. The molecule has 0 atom stereocenters. The molecule has 0 unspecified atom stereocenters. The third-order valence-corrected chi connectivity index (χ3v) is 5.36. The number of carbonyl (C=O) groups excluding carboxylic acids is 1. The van der Waals surface area contributed by atoms with Gasteiger partial charge in [0.15, 0.2) is 11.7 Å². The molecule has 2 aromatic rings. The van der Waals surface area contributed by atoms with Crippen LogP contribution in [-0.2, 0) is 17.8 Å². The number of nitrogens with one attached hydrogen (secondary N) is 1. The minimum absolute atomic E-state index is 0. The van der Waals surface area contributed by atoms with Crippen LogP contribution in [0, 0.1) is 13.8 Å². The third-order valence-electron chi connectivity index (χ3n) is 5.36. The zero-order chi connectivity index (χ0) is 21.5. The molecule has 172 valence electrons. The molecular weight excluding hydrogens is 511 g/mol. The Morgan fingerprint density at radius 2 is 1.97 bits per heavy atom. The highest BCUT2D eigenvalue weighted by molar-refractivity contribution is 14.0. The lowest BCUT2D eigenvalue weighted by Gasteiger charge is -2.36. The minimum Gasteiger partial charge on any atom is -0.459 e. The summed E-state index contributed by atoms with van der Waals surface area (Å²) in [5.74, 6) is 1.20. The van der Waals surface area contributed by atoms with Gasteiger partial charge in [-0.15, -0.1) is 24.0 Å². The fraction of sp³-hybridized carbons (Fsp3) is 0.571. The van der Waals surface area contributed by atoms with Crippen molar-refractivity contribution >= 4 is 35.8 Å². The fourth-order valence-corrected chi connectivity index (χ4v) is 3.62. The van der Waals surface area contributed by atoms with Crippen LogP contribution in [0.1, 0.15) is 34.4 Å². The number of nitrogens with zero attached hydrogens (tertiary/aromatic N) is 5. The zero-order valence-corrected chi connectivity index (χ0v) is 21.1. The Labute approximate surface area is 200 Å². The van der Waals surface area contributed by atoms with Crippen LogP contribution in [0.2, 0.25) is 0 Å². The molecular formula is C21H33IN6O3. The number of carbonyl (C=O) groups is 1. The van der Waals surface area contributed by atoms with E-state index < -0.39 is 0 Å². The predicted molar refractivity (Wildman–Crippen MR) is 130 cm³/mol. The van der Waals surface area contributed by atoms with E-state index in [4.69, 9.17) is 14.1 Å². The van der Waals surface area contributed by atoms with Crippen molar-refractivity contribution in [2.75, 3.05) is 46.4 Å². The quantitative estimate of drug-likeness (QED) is 0.327. The molecule has 3 rings (SSSR count). The number of aryl methyl sites for hydroxylation is 1. The maximum Gasteiger partial charge on any atom is 0.289 e. The normalized spacial score (nSPS) is 14.5. The average Bonchev–Trinajstić information content (AvgIpc) is 3.38. The molecule has 0 aliphatic carbocycles. The molecule has 10 heteroatoms. The molecule has 3 heterocycles. The second-order valence-corrected chi connectivity index (χ2v) is 7.29. The second kappa shape index (κ2) is 12.1. The zero-order valence-electron chi connectivity index (χ0n) is 18.8. The molecule has 2 aromatic heterocycles. The molecule has 0 bridgehead atoms. The van der Waals surface area contributed by atoms with E-state index >= 15 is 0 Å². The molecule has 1 N–H and O–H groups in total. The van der Waals surface area contributed by atoms with Crippen LogP contribution in [0.3, 0.4) is 0 Å². The summed E-state index contributed by atoms with van der Waals surface area (Å²) in [5.41, 5.74) is 3.27. The first-order valence-electron chi connectivity index (χ1n) is 10.4. The van der Waals surface area contributed by atoms with Gasteiger partial charge in [0.2, 0.25) is 0 Å². The van der Waals surface area contributed by atoms with E-state index in [2.05, 4.69) is 29.2 Å². The molecule has 1 saturated heterocycles. The number of guanidine groups is 1. The fourth-order valence-electron chi connectivity index (χ4n) is 3.62. The lowest BCUT2D eigenvalue weighted by atomic mass is 10.2. The van der Waals surface area contributed by atoms with Gasteiger partial charge in [0.1, 0.15) is 0 Å². The number of amides is 1. The van der Waals surface area contributed by atoms with E-state index in [1.807, 2.05) is 16.5 Å². The minimum atomic E-state index is -0.0590.